The van der Waals surface area contributed by atoms with Crippen LogP contribution in [0.1, 0.15) is 55.7 Å². The van der Waals surface area contributed by atoms with Gasteiger partial charge in [-0.3, -0.25) is 0 Å². The van der Waals surface area contributed by atoms with E-state index in [1.165, 1.54) is 56.3 Å². The number of terminal acetylenes is 1. The van der Waals surface area contributed by atoms with E-state index in [9.17, 15) is 0 Å². The average Bonchev–Trinajstić information content (AvgIpc) is 3.47. The fourth-order valence-corrected chi connectivity index (χ4v) is 5.18. The molecule has 0 bridgehead atoms. The standard InChI is InChI=1S/C27H33N5/c1-2-22-8-11-26(28-21-22)31-16-4-3-7-23(12-17-31)25-10-9-24-13-18-32(27(24)29-25)20-19-30-14-5-6-15-30/h1,8-11,13,18,21,23H,3-7,12,14-17,19-20H2. The molecule has 3 aromatic rings. The van der Waals surface area contributed by atoms with Crippen LogP contribution in [-0.4, -0.2) is 52.2 Å². The van der Waals surface area contributed by atoms with E-state index < -0.39 is 0 Å². The molecule has 0 saturated carbocycles. The molecule has 0 radical (unpaired) electrons. The molecular formula is C27H33N5. The van der Waals surface area contributed by atoms with Crippen molar-refractivity contribution in [1.29, 1.82) is 0 Å². The Kier molecular flexibility index (Phi) is 6.41. The van der Waals surface area contributed by atoms with Gasteiger partial charge in [0.2, 0.25) is 0 Å². The molecule has 2 aliphatic rings. The van der Waals surface area contributed by atoms with Gasteiger partial charge in [0.05, 0.1) is 0 Å². The number of nitrogens with zero attached hydrogens (tertiary/aromatic N) is 5. The first-order valence-electron chi connectivity index (χ1n) is 12.2. The van der Waals surface area contributed by atoms with Gasteiger partial charge in [0.25, 0.3) is 0 Å². The quantitative estimate of drug-likeness (QED) is 0.555. The summed E-state index contributed by atoms with van der Waals surface area (Å²) in [6.07, 6.45) is 16.9. The van der Waals surface area contributed by atoms with E-state index in [-0.39, 0.29) is 0 Å². The number of rotatable bonds is 5. The van der Waals surface area contributed by atoms with Gasteiger partial charge >= 0.3 is 0 Å². The van der Waals surface area contributed by atoms with Crippen molar-refractivity contribution >= 4 is 16.9 Å². The maximum Gasteiger partial charge on any atom is 0.140 e. The summed E-state index contributed by atoms with van der Waals surface area (Å²) < 4.78 is 2.35. The van der Waals surface area contributed by atoms with Crippen LogP contribution in [0.5, 0.6) is 0 Å². The fraction of sp³-hybridized carbons (Fsp3) is 0.481. The summed E-state index contributed by atoms with van der Waals surface area (Å²) in [7, 11) is 0. The van der Waals surface area contributed by atoms with E-state index in [4.69, 9.17) is 11.4 Å². The van der Waals surface area contributed by atoms with Gasteiger partial charge in [-0.05, 0) is 75.5 Å². The van der Waals surface area contributed by atoms with E-state index in [2.05, 4.69) is 55.7 Å². The van der Waals surface area contributed by atoms with Crippen LogP contribution in [0.15, 0.2) is 42.7 Å². The third-order valence-corrected chi connectivity index (χ3v) is 7.12. The molecule has 1 unspecified atom stereocenters. The van der Waals surface area contributed by atoms with Crippen LogP contribution >= 0.6 is 0 Å². The van der Waals surface area contributed by atoms with E-state index in [1.807, 2.05) is 6.07 Å². The highest BCUT2D eigenvalue weighted by Gasteiger charge is 2.20. The van der Waals surface area contributed by atoms with Crippen molar-refractivity contribution in [3.05, 3.63) is 54.0 Å². The minimum absolute atomic E-state index is 0.495. The summed E-state index contributed by atoms with van der Waals surface area (Å²) in [5.74, 6) is 4.18. The number of anilines is 1. The first-order valence-corrected chi connectivity index (χ1v) is 12.2. The minimum Gasteiger partial charge on any atom is -0.357 e. The van der Waals surface area contributed by atoms with Gasteiger partial charge in [0.15, 0.2) is 0 Å². The molecule has 0 spiro atoms. The maximum atomic E-state index is 5.48. The molecule has 0 N–H and O–H groups in total. The summed E-state index contributed by atoms with van der Waals surface area (Å²) in [6.45, 7) is 6.70. The van der Waals surface area contributed by atoms with E-state index in [0.29, 0.717) is 5.92 Å². The Bertz CT molecular complexity index is 1070. The predicted molar refractivity (Wildman–Crippen MR) is 131 cm³/mol. The minimum atomic E-state index is 0.495. The van der Waals surface area contributed by atoms with Crippen LogP contribution < -0.4 is 4.90 Å². The van der Waals surface area contributed by atoms with E-state index in [0.717, 1.165) is 49.6 Å². The van der Waals surface area contributed by atoms with Crippen LogP contribution in [0, 0.1) is 12.3 Å². The molecule has 32 heavy (non-hydrogen) atoms. The van der Waals surface area contributed by atoms with Gasteiger partial charge in [-0.1, -0.05) is 12.3 Å². The molecule has 2 fully saturated rings. The summed E-state index contributed by atoms with van der Waals surface area (Å²) in [6, 6.07) is 10.8. The van der Waals surface area contributed by atoms with Crippen molar-refractivity contribution in [2.24, 2.45) is 0 Å². The molecular weight excluding hydrogens is 394 g/mol. The van der Waals surface area contributed by atoms with E-state index in [1.54, 1.807) is 6.20 Å². The lowest BCUT2D eigenvalue weighted by Gasteiger charge is -2.29. The number of hydrogen-bond acceptors (Lipinski definition) is 4. The Hall–Kier alpha value is -2.84. The fourth-order valence-electron chi connectivity index (χ4n) is 5.18. The van der Waals surface area contributed by atoms with Gasteiger partial charge < -0.3 is 14.4 Å². The molecule has 0 amide bonds. The van der Waals surface area contributed by atoms with Crippen LogP contribution in [0.2, 0.25) is 0 Å². The molecule has 2 aliphatic heterocycles. The van der Waals surface area contributed by atoms with E-state index >= 15 is 0 Å². The molecule has 5 heterocycles. The van der Waals surface area contributed by atoms with Crippen LogP contribution in [-0.2, 0) is 6.54 Å². The zero-order valence-corrected chi connectivity index (χ0v) is 18.9. The number of hydrogen-bond donors (Lipinski definition) is 0. The van der Waals surface area contributed by atoms with Crippen LogP contribution in [0.25, 0.3) is 11.0 Å². The Morgan fingerprint density at radius 3 is 2.59 bits per heavy atom. The second-order valence-corrected chi connectivity index (χ2v) is 9.22. The highest BCUT2D eigenvalue weighted by molar-refractivity contribution is 5.76. The number of fused-ring (bicyclic) bond motifs is 1. The lowest BCUT2D eigenvalue weighted by Crippen LogP contribution is -2.29. The lowest BCUT2D eigenvalue weighted by atomic mass is 9.92. The molecule has 5 nitrogen and oxygen atoms in total. The third-order valence-electron chi connectivity index (χ3n) is 7.12. The summed E-state index contributed by atoms with van der Waals surface area (Å²) >= 11 is 0. The molecule has 3 aromatic heterocycles. The Morgan fingerprint density at radius 2 is 1.78 bits per heavy atom. The molecule has 5 heteroatoms. The van der Waals surface area contributed by atoms with Gasteiger partial charge in [-0.15, -0.1) is 6.42 Å². The third kappa shape index (κ3) is 4.66. The SMILES string of the molecule is C#Cc1ccc(N2CCCCC(c3ccc4ccn(CCN5CCCC5)c4n3)CC2)nc1. The Morgan fingerprint density at radius 1 is 0.906 bits per heavy atom. The van der Waals surface area contributed by atoms with Crippen molar-refractivity contribution in [3.8, 4) is 12.3 Å². The Balaban J connectivity index is 1.29. The first-order chi connectivity index (χ1) is 15.8. The second-order valence-electron chi connectivity index (χ2n) is 9.22. The second kappa shape index (κ2) is 9.75. The molecule has 2 saturated heterocycles. The summed E-state index contributed by atoms with van der Waals surface area (Å²) in [5.41, 5.74) is 3.23. The van der Waals surface area contributed by atoms with Crippen molar-refractivity contribution in [2.75, 3.05) is 37.6 Å². The zero-order valence-electron chi connectivity index (χ0n) is 18.9. The maximum absolute atomic E-state index is 5.48. The molecule has 0 aromatic carbocycles. The molecule has 166 valence electrons. The molecule has 1 atom stereocenters. The molecule has 5 rings (SSSR count). The monoisotopic (exact) mass is 427 g/mol. The van der Waals surface area contributed by atoms with Crippen LogP contribution in [0.4, 0.5) is 5.82 Å². The molecule has 0 aliphatic carbocycles. The average molecular weight is 428 g/mol. The lowest BCUT2D eigenvalue weighted by molar-refractivity contribution is 0.324. The van der Waals surface area contributed by atoms with Gasteiger partial charge in [0, 0.05) is 61.1 Å². The topological polar surface area (TPSA) is 37.2 Å². The van der Waals surface area contributed by atoms with Crippen molar-refractivity contribution in [1.82, 2.24) is 19.4 Å². The predicted octanol–water partition coefficient (Wildman–Crippen LogP) is 4.67. The summed E-state index contributed by atoms with van der Waals surface area (Å²) in [4.78, 5) is 14.8. The number of aromatic nitrogens is 3. The number of pyridine rings is 2. The zero-order chi connectivity index (χ0) is 21.8. The highest BCUT2D eigenvalue weighted by Crippen LogP contribution is 2.29. The van der Waals surface area contributed by atoms with Gasteiger partial charge in [0.1, 0.15) is 11.5 Å². The number of likely N-dealkylation sites (tertiary alicyclic amines) is 1. The van der Waals surface area contributed by atoms with Crippen molar-refractivity contribution in [2.45, 2.75) is 51.0 Å². The largest absolute Gasteiger partial charge is 0.357 e. The first kappa shape index (κ1) is 21.0. The van der Waals surface area contributed by atoms with Crippen LogP contribution in [0.3, 0.4) is 0 Å². The smallest absolute Gasteiger partial charge is 0.140 e. The van der Waals surface area contributed by atoms with Gasteiger partial charge in [-0.25, -0.2) is 9.97 Å². The van der Waals surface area contributed by atoms with Crippen molar-refractivity contribution in [3.63, 3.8) is 0 Å². The Labute approximate surface area is 191 Å². The normalized spacial score (nSPS) is 20.2. The summed E-state index contributed by atoms with van der Waals surface area (Å²) in [5, 5.41) is 1.25. The van der Waals surface area contributed by atoms with Gasteiger partial charge in [-0.2, -0.15) is 0 Å². The van der Waals surface area contributed by atoms with Crippen molar-refractivity contribution < 1.29 is 0 Å². The highest BCUT2D eigenvalue weighted by atomic mass is 15.2.